The molecule has 0 unspecified atom stereocenters. The molecule has 0 aliphatic carbocycles. The van der Waals surface area contributed by atoms with E-state index in [-0.39, 0.29) is 6.42 Å². The van der Waals surface area contributed by atoms with Crippen LogP contribution in [0, 0.1) is 0 Å². The van der Waals surface area contributed by atoms with Crippen LogP contribution in [0.2, 0.25) is 0 Å². The van der Waals surface area contributed by atoms with Gasteiger partial charge in [-0.25, -0.2) is 4.98 Å². The fraction of sp³-hybridized carbons (Fsp3) is 0.250. The molecule has 3 aromatic heterocycles. The van der Waals surface area contributed by atoms with Gasteiger partial charge < -0.3 is 5.11 Å². The Bertz CT molecular complexity index is 740. The van der Waals surface area contributed by atoms with E-state index in [1.54, 1.807) is 6.20 Å². The van der Waals surface area contributed by atoms with Crippen molar-refractivity contribution in [2.24, 2.45) is 0 Å². The molecule has 6 nitrogen and oxygen atoms in total. The minimum Gasteiger partial charge on any atom is -0.481 e. The van der Waals surface area contributed by atoms with E-state index in [1.807, 2.05) is 33.8 Å². The molecule has 0 bridgehead atoms. The second-order valence-electron chi connectivity index (χ2n) is 4.16. The Balaban J connectivity index is 2.01. The van der Waals surface area contributed by atoms with Crippen LogP contribution in [-0.2, 0) is 17.8 Å². The van der Waals surface area contributed by atoms with Crippen molar-refractivity contribution in [3.8, 4) is 11.3 Å². The highest BCUT2D eigenvalue weighted by molar-refractivity contribution is 7.15. The number of thiazole rings is 1. The van der Waals surface area contributed by atoms with Crippen LogP contribution in [-0.4, -0.2) is 30.2 Å². The van der Waals surface area contributed by atoms with Gasteiger partial charge in [0.25, 0.3) is 0 Å². The maximum absolute atomic E-state index is 10.8. The van der Waals surface area contributed by atoms with Crippen LogP contribution >= 0.6 is 11.3 Å². The lowest BCUT2D eigenvalue weighted by molar-refractivity contribution is -0.136. The summed E-state index contributed by atoms with van der Waals surface area (Å²) < 4.78 is 3.67. The van der Waals surface area contributed by atoms with Crippen LogP contribution in [0.4, 0.5) is 0 Å². The molecule has 3 rings (SSSR count). The van der Waals surface area contributed by atoms with E-state index >= 15 is 0 Å². The first-order valence-electron chi connectivity index (χ1n) is 5.87. The zero-order valence-electron chi connectivity index (χ0n) is 10.3. The highest BCUT2D eigenvalue weighted by Crippen LogP contribution is 2.23. The molecule has 1 N–H and O–H groups in total. The Morgan fingerprint density at radius 3 is 3.00 bits per heavy atom. The van der Waals surface area contributed by atoms with Gasteiger partial charge in [-0.05, 0) is 6.92 Å². The average molecular weight is 276 g/mol. The van der Waals surface area contributed by atoms with Gasteiger partial charge in [-0.2, -0.15) is 5.10 Å². The number of nitrogens with zero attached hydrogens (tertiary/aromatic N) is 4. The first-order chi connectivity index (χ1) is 9.17. The van der Waals surface area contributed by atoms with Crippen molar-refractivity contribution >= 4 is 22.3 Å². The summed E-state index contributed by atoms with van der Waals surface area (Å²) in [5.41, 5.74) is 2.51. The first kappa shape index (κ1) is 11.9. The number of hydrogen-bond acceptors (Lipinski definition) is 4. The molecule has 0 radical (unpaired) electrons. The van der Waals surface area contributed by atoms with Gasteiger partial charge in [0, 0.05) is 35.6 Å². The lowest BCUT2D eigenvalue weighted by Gasteiger charge is -1.93. The average Bonchev–Trinajstić information content (AvgIpc) is 3.04. The standard InChI is InChI=1S/C12H12N4O2S/c1-2-15-5-8(4-13-15)10-6-16-9(3-11(17)18)7-19-12(16)14-10/h4-7H,2-3H2,1H3,(H,17,18). The molecule has 7 heteroatoms. The number of carboxylic acids is 1. The van der Waals surface area contributed by atoms with Crippen LogP contribution < -0.4 is 0 Å². The summed E-state index contributed by atoms with van der Waals surface area (Å²) in [6.45, 7) is 2.83. The van der Waals surface area contributed by atoms with Gasteiger partial charge in [-0.3, -0.25) is 13.9 Å². The minimum atomic E-state index is -0.839. The minimum absolute atomic E-state index is 0.00399. The van der Waals surface area contributed by atoms with Crippen molar-refractivity contribution in [2.45, 2.75) is 19.9 Å². The molecular weight excluding hydrogens is 264 g/mol. The number of aryl methyl sites for hydroxylation is 1. The number of imidazole rings is 1. The molecule has 0 spiro atoms. The molecule has 19 heavy (non-hydrogen) atoms. The lowest BCUT2D eigenvalue weighted by Crippen LogP contribution is -2.02. The maximum Gasteiger partial charge on any atom is 0.309 e. The van der Waals surface area contributed by atoms with Crippen LogP contribution in [0.25, 0.3) is 16.2 Å². The number of aliphatic carboxylic acids is 1. The summed E-state index contributed by atoms with van der Waals surface area (Å²) >= 11 is 1.45. The van der Waals surface area contributed by atoms with Gasteiger partial charge in [0.15, 0.2) is 4.96 Å². The predicted octanol–water partition coefficient (Wildman–Crippen LogP) is 1.91. The monoisotopic (exact) mass is 276 g/mol. The van der Waals surface area contributed by atoms with Crippen molar-refractivity contribution < 1.29 is 9.90 Å². The quantitative estimate of drug-likeness (QED) is 0.790. The summed E-state index contributed by atoms with van der Waals surface area (Å²) in [7, 11) is 0. The van der Waals surface area contributed by atoms with Crippen LogP contribution in [0.15, 0.2) is 24.0 Å². The Hall–Kier alpha value is -2.15. The van der Waals surface area contributed by atoms with Crippen LogP contribution in [0.3, 0.4) is 0 Å². The van der Waals surface area contributed by atoms with Gasteiger partial charge in [0.1, 0.15) is 0 Å². The third-order valence-electron chi connectivity index (χ3n) is 2.87. The summed E-state index contributed by atoms with van der Waals surface area (Å²) in [5, 5.41) is 14.9. The summed E-state index contributed by atoms with van der Waals surface area (Å²) in [5.74, 6) is -0.839. The van der Waals surface area contributed by atoms with Crippen molar-refractivity contribution in [2.75, 3.05) is 0 Å². The Labute approximate surface area is 112 Å². The maximum atomic E-state index is 10.8. The van der Waals surface area contributed by atoms with E-state index in [1.165, 1.54) is 11.3 Å². The van der Waals surface area contributed by atoms with E-state index in [2.05, 4.69) is 10.1 Å². The summed E-state index contributed by atoms with van der Waals surface area (Å²) in [6.07, 6.45) is 5.57. The van der Waals surface area contributed by atoms with E-state index in [4.69, 9.17) is 5.11 Å². The number of rotatable bonds is 4. The fourth-order valence-electron chi connectivity index (χ4n) is 1.92. The van der Waals surface area contributed by atoms with Gasteiger partial charge in [0.2, 0.25) is 0 Å². The molecule has 0 saturated heterocycles. The molecule has 98 valence electrons. The van der Waals surface area contributed by atoms with Gasteiger partial charge in [-0.1, -0.05) is 0 Å². The van der Waals surface area contributed by atoms with Crippen molar-refractivity contribution in [3.05, 3.63) is 29.7 Å². The lowest BCUT2D eigenvalue weighted by atomic mass is 10.3. The second-order valence-corrected chi connectivity index (χ2v) is 5.00. The molecule has 3 heterocycles. The smallest absolute Gasteiger partial charge is 0.309 e. The van der Waals surface area contributed by atoms with Gasteiger partial charge >= 0.3 is 5.97 Å². The Morgan fingerprint density at radius 1 is 1.47 bits per heavy atom. The summed E-state index contributed by atoms with van der Waals surface area (Å²) in [6, 6.07) is 0. The van der Waals surface area contributed by atoms with E-state index < -0.39 is 5.97 Å². The van der Waals surface area contributed by atoms with Crippen LogP contribution in [0.1, 0.15) is 12.6 Å². The first-order valence-corrected chi connectivity index (χ1v) is 6.75. The zero-order valence-corrected chi connectivity index (χ0v) is 11.1. The molecule has 0 aromatic carbocycles. The van der Waals surface area contributed by atoms with Crippen molar-refractivity contribution in [3.63, 3.8) is 0 Å². The highest BCUT2D eigenvalue weighted by Gasteiger charge is 2.12. The molecule has 0 amide bonds. The molecule has 0 aliphatic heterocycles. The topological polar surface area (TPSA) is 72.4 Å². The SMILES string of the molecule is CCn1cc(-c2cn3c(CC(=O)O)csc3n2)cn1. The molecule has 3 aromatic rings. The van der Waals surface area contributed by atoms with Gasteiger partial charge in [0.05, 0.1) is 18.3 Å². The Kier molecular flexibility index (Phi) is 2.83. The number of carbonyl (C=O) groups is 1. The number of aromatic nitrogens is 4. The number of fused-ring (bicyclic) bond motifs is 1. The van der Waals surface area contributed by atoms with E-state index in [9.17, 15) is 4.79 Å². The van der Waals surface area contributed by atoms with Crippen molar-refractivity contribution in [1.82, 2.24) is 19.2 Å². The molecule has 0 saturated carbocycles. The van der Waals surface area contributed by atoms with E-state index in [0.29, 0.717) is 0 Å². The fourth-order valence-corrected chi connectivity index (χ4v) is 2.79. The highest BCUT2D eigenvalue weighted by atomic mass is 32.1. The molecule has 0 fully saturated rings. The molecule has 0 aliphatic rings. The third kappa shape index (κ3) is 2.12. The van der Waals surface area contributed by atoms with Gasteiger partial charge in [-0.15, -0.1) is 11.3 Å². The molecule has 0 atom stereocenters. The van der Waals surface area contributed by atoms with Crippen molar-refractivity contribution in [1.29, 1.82) is 0 Å². The number of hydrogen-bond donors (Lipinski definition) is 1. The predicted molar refractivity (Wildman–Crippen MR) is 71.3 cm³/mol. The van der Waals surface area contributed by atoms with E-state index in [0.717, 1.165) is 28.5 Å². The Morgan fingerprint density at radius 2 is 2.32 bits per heavy atom. The largest absolute Gasteiger partial charge is 0.481 e. The second kappa shape index (κ2) is 4.51. The third-order valence-corrected chi connectivity index (χ3v) is 3.76. The summed E-state index contributed by atoms with van der Waals surface area (Å²) in [4.78, 5) is 16.1. The number of carboxylic acid groups (broad SMARTS) is 1. The normalized spacial score (nSPS) is 11.2. The van der Waals surface area contributed by atoms with Crippen LogP contribution in [0.5, 0.6) is 0 Å². The molecular formula is C12H12N4O2S. The zero-order chi connectivity index (χ0) is 13.4.